The minimum absolute atomic E-state index is 0. The van der Waals surface area contributed by atoms with E-state index < -0.39 is 5.97 Å². The second-order valence-corrected chi connectivity index (χ2v) is 7.72. The van der Waals surface area contributed by atoms with E-state index in [0.717, 1.165) is 16.6 Å². The van der Waals surface area contributed by atoms with E-state index in [9.17, 15) is 9.90 Å². The molecule has 33 heavy (non-hydrogen) atoms. The second-order valence-electron chi connectivity index (χ2n) is 7.72. The number of nitrogens with zero attached hydrogens (tertiary/aromatic N) is 3. The average molecular weight is 445 g/mol. The van der Waals surface area contributed by atoms with Gasteiger partial charge in [-0.15, -0.1) is 0 Å². The fourth-order valence-electron chi connectivity index (χ4n) is 3.88. The van der Waals surface area contributed by atoms with Gasteiger partial charge in [-0.05, 0) is 55.3 Å². The van der Waals surface area contributed by atoms with Gasteiger partial charge in [0.2, 0.25) is 0 Å². The Bertz CT molecular complexity index is 1430. The molecule has 0 saturated heterocycles. The molecule has 0 aliphatic heterocycles. The van der Waals surface area contributed by atoms with Crippen LogP contribution in [0.2, 0.25) is 0 Å². The largest absolute Gasteiger partial charge is 1.00 e. The molecule has 0 aliphatic carbocycles. The molecule has 0 saturated carbocycles. The Morgan fingerprint density at radius 3 is 2.48 bits per heavy atom. The van der Waals surface area contributed by atoms with Crippen molar-refractivity contribution >= 4 is 22.4 Å². The summed E-state index contributed by atoms with van der Waals surface area (Å²) >= 11 is 0. The molecule has 2 aromatic carbocycles. The van der Waals surface area contributed by atoms with Crippen LogP contribution in [0.5, 0.6) is 5.75 Å². The molecule has 0 aliphatic rings. The molecule has 0 N–H and O–H groups in total. The van der Waals surface area contributed by atoms with Gasteiger partial charge < -0.3 is 14.6 Å². The molecular formula is C26H20N3NaO3. The van der Waals surface area contributed by atoms with Gasteiger partial charge in [-0.3, -0.25) is 0 Å². The number of aromatic carboxylic acids is 1. The Labute approximate surface area is 213 Å². The second kappa shape index (κ2) is 9.35. The number of rotatable bonds is 5. The van der Waals surface area contributed by atoms with E-state index in [0.29, 0.717) is 28.0 Å². The van der Waals surface area contributed by atoms with Gasteiger partial charge in [0.05, 0.1) is 28.1 Å². The summed E-state index contributed by atoms with van der Waals surface area (Å²) in [6.45, 7) is 3.82. The molecule has 0 spiro atoms. The van der Waals surface area contributed by atoms with Gasteiger partial charge in [-0.1, -0.05) is 42.5 Å². The van der Waals surface area contributed by atoms with Crippen molar-refractivity contribution in [3.8, 4) is 17.1 Å². The van der Waals surface area contributed by atoms with E-state index in [1.165, 1.54) is 6.07 Å². The molecule has 158 valence electrons. The molecule has 0 amide bonds. The minimum atomic E-state index is -1.29. The van der Waals surface area contributed by atoms with Crippen molar-refractivity contribution in [3.05, 3.63) is 95.7 Å². The molecule has 6 nitrogen and oxygen atoms in total. The van der Waals surface area contributed by atoms with Crippen LogP contribution < -0.4 is 39.4 Å². The first-order chi connectivity index (χ1) is 15.5. The number of hydrogen-bond acceptors (Lipinski definition) is 5. The topological polar surface area (TPSA) is 79.5 Å². The summed E-state index contributed by atoms with van der Waals surface area (Å²) in [7, 11) is 0. The standard InChI is InChI=1S/C26H21N3O3.Na/c1-16-11-12-23(32-17(2)18-8-4-3-5-9-18)24-20(26(30)31)15-21(27-25(16)24)22-14-19-10-6-7-13-29(19)28-22;/h3-15,17H,1-2H3,(H,30,31);/q;+1/p-1. The quantitative estimate of drug-likeness (QED) is 0.382. The summed E-state index contributed by atoms with van der Waals surface area (Å²) in [5.74, 6) is -0.833. The molecule has 0 fully saturated rings. The van der Waals surface area contributed by atoms with Crippen molar-refractivity contribution in [2.75, 3.05) is 0 Å². The molecule has 0 radical (unpaired) electrons. The molecular weight excluding hydrogens is 425 g/mol. The van der Waals surface area contributed by atoms with Crippen molar-refractivity contribution in [1.82, 2.24) is 14.6 Å². The number of ether oxygens (including phenoxy) is 1. The summed E-state index contributed by atoms with van der Waals surface area (Å²) in [6, 6.07) is 22.6. The van der Waals surface area contributed by atoms with Gasteiger partial charge in [0.15, 0.2) is 0 Å². The maximum Gasteiger partial charge on any atom is 1.00 e. The van der Waals surface area contributed by atoms with Gasteiger partial charge in [0.25, 0.3) is 0 Å². The summed E-state index contributed by atoms with van der Waals surface area (Å²) in [5, 5.41) is 17.1. The van der Waals surface area contributed by atoms with E-state index in [2.05, 4.69) is 5.10 Å². The Morgan fingerprint density at radius 1 is 1.00 bits per heavy atom. The van der Waals surface area contributed by atoms with Gasteiger partial charge in [-0.2, -0.15) is 5.10 Å². The smallest absolute Gasteiger partial charge is 0.545 e. The summed E-state index contributed by atoms with van der Waals surface area (Å²) in [5.41, 5.74) is 4.36. The van der Waals surface area contributed by atoms with Crippen LogP contribution in [0.25, 0.3) is 27.8 Å². The fourth-order valence-corrected chi connectivity index (χ4v) is 3.88. The third-order valence-electron chi connectivity index (χ3n) is 5.55. The van der Waals surface area contributed by atoms with Crippen LogP contribution in [-0.4, -0.2) is 20.6 Å². The first-order valence-electron chi connectivity index (χ1n) is 10.3. The zero-order valence-electron chi connectivity index (χ0n) is 18.6. The van der Waals surface area contributed by atoms with Gasteiger partial charge in [0.1, 0.15) is 17.5 Å². The van der Waals surface area contributed by atoms with Crippen molar-refractivity contribution in [2.45, 2.75) is 20.0 Å². The molecule has 1 unspecified atom stereocenters. The van der Waals surface area contributed by atoms with E-state index in [-0.39, 0.29) is 41.2 Å². The fraction of sp³-hybridized carbons (Fsp3) is 0.115. The van der Waals surface area contributed by atoms with Gasteiger partial charge >= 0.3 is 29.6 Å². The van der Waals surface area contributed by atoms with Crippen LogP contribution in [-0.2, 0) is 0 Å². The van der Waals surface area contributed by atoms with Crippen LogP contribution in [0, 0.1) is 6.92 Å². The normalized spacial score (nSPS) is 11.8. The Balaban J connectivity index is 0.00000259. The predicted octanol–water partition coefficient (Wildman–Crippen LogP) is 1.37. The van der Waals surface area contributed by atoms with Crippen molar-refractivity contribution in [3.63, 3.8) is 0 Å². The van der Waals surface area contributed by atoms with E-state index in [1.807, 2.05) is 80.7 Å². The monoisotopic (exact) mass is 445 g/mol. The number of carbonyl (C=O) groups excluding carboxylic acids is 1. The van der Waals surface area contributed by atoms with E-state index in [4.69, 9.17) is 9.72 Å². The number of carboxylic acid groups (broad SMARTS) is 1. The maximum atomic E-state index is 12.2. The number of hydrogen-bond donors (Lipinski definition) is 0. The van der Waals surface area contributed by atoms with Gasteiger partial charge in [-0.25, -0.2) is 9.50 Å². The molecule has 7 heteroatoms. The summed E-state index contributed by atoms with van der Waals surface area (Å²) in [4.78, 5) is 16.9. The molecule has 1 atom stereocenters. The number of carboxylic acids is 1. The van der Waals surface area contributed by atoms with E-state index >= 15 is 0 Å². The van der Waals surface area contributed by atoms with Crippen LogP contribution in [0.1, 0.15) is 34.5 Å². The number of pyridine rings is 2. The number of aromatic nitrogens is 3. The SMILES string of the molecule is Cc1ccc(OC(C)c2ccccc2)c2c(C(=O)[O-])cc(-c3cc4ccccn4n3)nc12.[Na+]. The zero-order valence-corrected chi connectivity index (χ0v) is 20.6. The van der Waals surface area contributed by atoms with Gasteiger partial charge in [0, 0.05) is 11.8 Å². The van der Waals surface area contributed by atoms with Crippen LogP contribution in [0.4, 0.5) is 0 Å². The predicted molar refractivity (Wildman–Crippen MR) is 120 cm³/mol. The number of fused-ring (bicyclic) bond motifs is 2. The van der Waals surface area contributed by atoms with Crippen molar-refractivity contribution in [2.24, 2.45) is 0 Å². The third kappa shape index (κ3) is 4.37. The average Bonchev–Trinajstić information content (AvgIpc) is 3.25. The van der Waals surface area contributed by atoms with Crippen LogP contribution in [0.15, 0.2) is 79.0 Å². The Hall–Kier alpha value is -3.19. The zero-order chi connectivity index (χ0) is 22.2. The van der Waals surface area contributed by atoms with Crippen molar-refractivity contribution < 1.29 is 44.2 Å². The van der Waals surface area contributed by atoms with E-state index in [1.54, 1.807) is 10.6 Å². The third-order valence-corrected chi connectivity index (χ3v) is 5.55. The van der Waals surface area contributed by atoms with Crippen LogP contribution in [0.3, 0.4) is 0 Å². The summed E-state index contributed by atoms with van der Waals surface area (Å²) in [6.07, 6.45) is 1.57. The Morgan fingerprint density at radius 2 is 1.76 bits per heavy atom. The summed E-state index contributed by atoms with van der Waals surface area (Å²) < 4.78 is 7.93. The first kappa shape index (κ1) is 23.0. The molecule has 0 bridgehead atoms. The number of aryl methyl sites for hydroxylation is 1. The molecule has 3 heterocycles. The van der Waals surface area contributed by atoms with Crippen LogP contribution >= 0.6 is 0 Å². The maximum absolute atomic E-state index is 12.2. The van der Waals surface area contributed by atoms with Crippen molar-refractivity contribution in [1.29, 1.82) is 0 Å². The number of carbonyl (C=O) groups is 1. The number of benzene rings is 2. The Kier molecular flexibility index (Phi) is 6.51. The first-order valence-corrected chi connectivity index (χ1v) is 10.3. The molecule has 5 rings (SSSR count). The minimum Gasteiger partial charge on any atom is -0.545 e. The molecule has 5 aromatic rings. The molecule has 3 aromatic heterocycles.